The van der Waals surface area contributed by atoms with Crippen molar-refractivity contribution < 1.29 is 14.3 Å². The second-order valence-corrected chi connectivity index (χ2v) is 6.89. The Morgan fingerprint density at radius 3 is 2.19 bits per heavy atom. The van der Waals surface area contributed by atoms with Crippen LogP contribution in [0.5, 0.6) is 0 Å². The quantitative estimate of drug-likeness (QED) is 0.829. The predicted octanol–water partition coefficient (Wildman–Crippen LogP) is 1.63. The Kier molecular flexibility index (Phi) is 6.01. The molecule has 1 saturated carbocycles. The molecule has 1 fully saturated rings. The largest absolute Gasteiger partial charge is 0.444 e. The van der Waals surface area contributed by atoms with Crippen LogP contribution in [0, 0.1) is 0 Å². The molecule has 1 rings (SSSR count). The molecule has 21 heavy (non-hydrogen) atoms. The highest BCUT2D eigenvalue weighted by atomic mass is 16.6. The summed E-state index contributed by atoms with van der Waals surface area (Å²) >= 11 is 0. The first-order chi connectivity index (χ1) is 9.60. The van der Waals surface area contributed by atoms with Crippen molar-refractivity contribution in [3.8, 4) is 0 Å². The van der Waals surface area contributed by atoms with Gasteiger partial charge in [-0.15, -0.1) is 0 Å². The Balaban J connectivity index is 2.42. The molecule has 1 aliphatic carbocycles. The smallest absolute Gasteiger partial charge is 0.410 e. The molecule has 1 atom stereocenters. The zero-order chi connectivity index (χ0) is 16.2. The Morgan fingerprint density at radius 1 is 1.24 bits per heavy atom. The minimum Gasteiger partial charge on any atom is -0.444 e. The fraction of sp³-hybridized carbons (Fsp3) is 0.867. The maximum absolute atomic E-state index is 12.0. The second kappa shape index (κ2) is 7.11. The van der Waals surface area contributed by atoms with Crippen molar-refractivity contribution in [3.63, 3.8) is 0 Å². The Morgan fingerprint density at radius 2 is 1.76 bits per heavy atom. The van der Waals surface area contributed by atoms with Gasteiger partial charge >= 0.3 is 6.09 Å². The van der Waals surface area contributed by atoms with Crippen LogP contribution >= 0.6 is 0 Å². The van der Waals surface area contributed by atoms with Crippen LogP contribution < -0.4 is 11.1 Å². The third kappa shape index (κ3) is 5.91. The lowest BCUT2D eigenvalue weighted by atomic mass is 9.90. The summed E-state index contributed by atoms with van der Waals surface area (Å²) in [6, 6.07) is -0.151. The molecule has 2 amide bonds. The first-order valence-corrected chi connectivity index (χ1v) is 7.62. The van der Waals surface area contributed by atoms with Crippen LogP contribution in [0.15, 0.2) is 0 Å². The average molecular weight is 299 g/mol. The van der Waals surface area contributed by atoms with Gasteiger partial charge in [-0.3, -0.25) is 4.79 Å². The molecule has 3 N–H and O–H groups in total. The van der Waals surface area contributed by atoms with Crippen LogP contribution in [-0.4, -0.2) is 47.7 Å². The van der Waals surface area contributed by atoms with Crippen LogP contribution in [-0.2, 0) is 9.53 Å². The number of nitrogens with zero attached hydrogens (tertiary/aromatic N) is 1. The minimum atomic E-state index is -0.479. The molecule has 0 heterocycles. The van der Waals surface area contributed by atoms with Crippen molar-refractivity contribution in [2.24, 2.45) is 5.73 Å². The Labute approximate surface area is 127 Å². The fourth-order valence-corrected chi connectivity index (χ4v) is 2.42. The average Bonchev–Trinajstić information content (AvgIpc) is 2.36. The van der Waals surface area contributed by atoms with E-state index in [1.165, 1.54) is 0 Å². The number of hydrogen-bond donors (Lipinski definition) is 2. The van der Waals surface area contributed by atoms with Gasteiger partial charge in [-0.05, 0) is 53.4 Å². The van der Waals surface area contributed by atoms with E-state index in [0.717, 1.165) is 25.7 Å². The van der Waals surface area contributed by atoms with Crippen LogP contribution in [0.1, 0.15) is 53.4 Å². The van der Waals surface area contributed by atoms with E-state index in [4.69, 9.17) is 10.5 Å². The third-order valence-corrected chi connectivity index (χ3v) is 3.69. The summed E-state index contributed by atoms with van der Waals surface area (Å²) in [5.41, 5.74) is 5.07. The molecule has 122 valence electrons. The van der Waals surface area contributed by atoms with Crippen LogP contribution in [0.2, 0.25) is 0 Å². The monoisotopic (exact) mass is 299 g/mol. The summed E-state index contributed by atoms with van der Waals surface area (Å²) in [4.78, 5) is 25.3. The van der Waals surface area contributed by atoms with E-state index in [1.54, 1.807) is 18.9 Å². The molecule has 0 spiro atoms. The Hall–Kier alpha value is -1.30. The van der Waals surface area contributed by atoms with Crippen LogP contribution in [0.3, 0.4) is 0 Å². The van der Waals surface area contributed by atoms with Gasteiger partial charge in [-0.2, -0.15) is 0 Å². The number of nitrogens with two attached hydrogens (primary N) is 1. The van der Waals surface area contributed by atoms with Crippen molar-refractivity contribution in [3.05, 3.63) is 0 Å². The van der Waals surface area contributed by atoms with E-state index < -0.39 is 11.6 Å². The van der Waals surface area contributed by atoms with Gasteiger partial charge in [0.25, 0.3) is 0 Å². The van der Waals surface area contributed by atoms with E-state index in [-0.39, 0.29) is 24.1 Å². The number of carbonyl (C=O) groups excluding carboxylic acids is 2. The maximum Gasteiger partial charge on any atom is 0.410 e. The summed E-state index contributed by atoms with van der Waals surface area (Å²) in [6.45, 7) is 7.26. The van der Waals surface area contributed by atoms with Crippen molar-refractivity contribution >= 4 is 12.0 Å². The highest BCUT2D eigenvalue weighted by Gasteiger charge is 2.29. The highest BCUT2D eigenvalue weighted by Crippen LogP contribution is 2.23. The summed E-state index contributed by atoms with van der Waals surface area (Å²) in [5.74, 6) is -0.112. The van der Waals surface area contributed by atoms with Crippen molar-refractivity contribution in [2.45, 2.75) is 77.1 Å². The van der Waals surface area contributed by atoms with Crippen LogP contribution in [0.25, 0.3) is 0 Å². The minimum absolute atomic E-state index is 0.112. The molecule has 6 nitrogen and oxygen atoms in total. The number of ether oxygens (including phenoxy) is 1. The van der Waals surface area contributed by atoms with Gasteiger partial charge < -0.3 is 20.7 Å². The molecule has 0 aliphatic heterocycles. The molecule has 0 saturated heterocycles. The van der Waals surface area contributed by atoms with Crippen molar-refractivity contribution in [1.29, 1.82) is 0 Å². The summed E-state index contributed by atoms with van der Waals surface area (Å²) in [6.07, 6.45) is 3.15. The first kappa shape index (κ1) is 17.8. The van der Waals surface area contributed by atoms with Gasteiger partial charge in [0, 0.05) is 19.1 Å². The van der Waals surface area contributed by atoms with Gasteiger partial charge in [0.05, 0.1) is 6.04 Å². The summed E-state index contributed by atoms with van der Waals surface area (Å²) in [7, 11) is 1.78. The molecular weight excluding hydrogens is 270 g/mol. The molecule has 0 radical (unpaired) electrons. The molecule has 0 aromatic heterocycles. The predicted molar refractivity (Wildman–Crippen MR) is 81.8 cm³/mol. The number of nitrogens with one attached hydrogen (secondary N) is 1. The van der Waals surface area contributed by atoms with E-state index in [1.807, 2.05) is 20.8 Å². The topological polar surface area (TPSA) is 84.7 Å². The number of amides is 2. The second-order valence-electron chi connectivity index (χ2n) is 6.89. The highest BCUT2D eigenvalue weighted by molar-refractivity contribution is 5.81. The fourth-order valence-electron chi connectivity index (χ4n) is 2.42. The first-order valence-electron chi connectivity index (χ1n) is 7.62. The summed E-state index contributed by atoms with van der Waals surface area (Å²) < 4.78 is 5.38. The van der Waals surface area contributed by atoms with Crippen LogP contribution in [0.4, 0.5) is 4.79 Å². The molecule has 0 aromatic rings. The lowest BCUT2D eigenvalue weighted by Gasteiger charge is -2.35. The molecule has 0 aromatic carbocycles. The van der Waals surface area contributed by atoms with Gasteiger partial charge in [0.2, 0.25) is 5.91 Å². The zero-order valence-electron chi connectivity index (χ0n) is 13.8. The molecule has 6 heteroatoms. The Bertz CT molecular complexity index is 369. The van der Waals surface area contributed by atoms with E-state index in [9.17, 15) is 9.59 Å². The third-order valence-electron chi connectivity index (χ3n) is 3.69. The van der Waals surface area contributed by atoms with Gasteiger partial charge in [0.15, 0.2) is 0 Å². The van der Waals surface area contributed by atoms with Gasteiger partial charge in [-0.25, -0.2) is 4.79 Å². The number of rotatable bonds is 3. The zero-order valence-corrected chi connectivity index (χ0v) is 13.8. The van der Waals surface area contributed by atoms with Gasteiger partial charge in [0.1, 0.15) is 5.60 Å². The lowest BCUT2D eigenvalue weighted by molar-refractivity contribution is -0.123. The van der Waals surface area contributed by atoms with E-state index in [2.05, 4.69) is 5.32 Å². The SMILES string of the molecule is C[C@H](N)C(=O)NC1CCC(N(C)C(=O)OC(C)(C)C)CC1. The molecule has 0 unspecified atom stereocenters. The maximum atomic E-state index is 12.0. The molecule has 0 bridgehead atoms. The number of hydrogen-bond acceptors (Lipinski definition) is 4. The van der Waals surface area contributed by atoms with E-state index in [0.29, 0.717) is 0 Å². The molecule has 1 aliphatic rings. The van der Waals surface area contributed by atoms with Gasteiger partial charge in [-0.1, -0.05) is 0 Å². The number of carbonyl (C=O) groups is 2. The van der Waals surface area contributed by atoms with Crippen molar-refractivity contribution in [2.75, 3.05) is 7.05 Å². The molecular formula is C15H29N3O3. The normalized spacial score (nSPS) is 24.1. The van der Waals surface area contributed by atoms with Crippen molar-refractivity contribution in [1.82, 2.24) is 10.2 Å². The summed E-state index contributed by atoms with van der Waals surface area (Å²) in [5, 5.41) is 2.95. The standard InChI is InChI=1S/C15H29N3O3/c1-10(16)13(19)17-11-6-8-12(9-7-11)18(5)14(20)21-15(2,3)4/h10-12H,6-9,16H2,1-5H3,(H,17,19)/t10-,11?,12?/m0/s1. The van der Waals surface area contributed by atoms with E-state index >= 15 is 0 Å². The lowest BCUT2D eigenvalue weighted by Crippen LogP contribution is -2.48.